The molecule has 0 unspecified atom stereocenters. The summed E-state index contributed by atoms with van der Waals surface area (Å²) in [5.74, 6) is 0.557. The van der Waals surface area contributed by atoms with E-state index in [-0.39, 0.29) is 23.5 Å². The molecule has 34 heavy (non-hydrogen) atoms. The van der Waals surface area contributed by atoms with Gasteiger partial charge in [0, 0.05) is 21.9 Å². The van der Waals surface area contributed by atoms with Gasteiger partial charge in [0.1, 0.15) is 17.2 Å². The lowest BCUT2D eigenvalue weighted by molar-refractivity contribution is 0.0893. The van der Waals surface area contributed by atoms with Crippen LogP contribution in [0.4, 0.5) is 5.69 Å². The maximum Gasteiger partial charge on any atom is 0.266 e. The van der Waals surface area contributed by atoms with Gasteiger partial charge in [0.2, 0.25) is 0 Å². The number of anilines is 1. The fourth-order valence-electron chi connectivity index (χ4n) is 4.47. The number of hydrogen-bond acceptors (Lipinski definition) is 4. The molecule has 1 N–H and O–H groups in total. The number of hydrogen-bond donors (Lipinski definition) is 1. The van der Waals surface area contributed by atoms with Crippen LogP contribution in [0.1, 0.15) is 51.6 Å². The maximum absolute atomic E-state index is 13.8. The molecule has 1 aliphatic heterocycles. The van der Waals surface area contributed by atoms with Crippen molar-refractivity contribution in [1.29, 1.82) is 0 Å². The molecule has 168 valence electrons. The zero-order valence-corrected chi connectivity index (χ0v) is 18.9. The van der Waals surface area contributed by atoms with Crippen LogP contribution in [0.5, 0.6) is 17.2 Å². The molecule has 0 atom stereocenters. The summed E-state index contributed by atoms with van der Waals surface area (Å²) < 4.78 is 6.03. The minimum Gasteiger partial charge on any atom is -0.508 e. The van der Waals surface area contributed by atoms with Gasteiger partial charge in [0.25, 0.3) is 11.8 Å². The SMILES string of the molecule is C=Cc1cccc(C(C)C)c1N1C(=O)c2cccc3c(Oc4ccc(O)cc4)ccc(c23)C1=O. The lowest BCUT2D eigenvalue weighted by atomic mass is 9.90. The highest BCUT2D eigenvalue weighted by molar-refractivity contribution is 6.36. The second kappa shape index (κ2) is 8.19. The van der Waals surface area contributed by atoms with Gasteiger partial charge in [-0.05, 0) is 59.5 Å². The number of aromatic hydroxyl groups is 1. The minimum atomic E-state index is -0.374. The van der Waals surface area contributed by atoms with Crippen LogP contribution in [0.25, 0.3) is 16.8 Å². The Morgan fingerprint density at radius 3 is 2.24 bits per heavy atom. The molecule has 4 aromatic carbocycles. The normalized spacial score (nSPS) is 13.0. The molecule has 0 spiro atoms. The number of nitrogens with zero attached hydrogens (tertiary/aromatic N) is 1. The van der Waals surface area contributed by atoms with Crippen LogP contribution in [0.3, 0.4) is 0 Å². The average Bonchev–Trinajstić information content (AvgIpc) is 2.84. The summed E-state index contributed by atoms with van der Waals surface area (Å²) in [6.45, 7) is 7.96. The van der Waals surface area contributed by atoms with Crippen molar-refractivity contribution in [3.63, 3.8) is 0 Å². The van der Waals surface area contributed by atoms with Gasteiger partial charge in [-0.25, -0.2) is 4.90 Å². The van der Waals surface area contributed by atoms with Crippen molar-refractivity contribution in [2.75, 3.05) is 4.90 Å². The number of rotatable bonds is 5. The van der Waals surface area contributed by atoms with E-state index in [0.29, 0.717) is 39.1 Å². The van der Waals surface area contributed by atoms with Crippen LogP contribution < -0.4 is 9.64 Å². The number of benzene rings is 4. The highest BCUT2D eigenvalue weighted by Gasteiger charge is 2.36. The Hall–Kier alpha value is -4.38. The monoisotopic (exact) mass is 449 g/mol. The quantitative estimate of drug-likeness (QED) is 0.336. The van der Waals surface area contributed by atoms with Gasteiger partial charge in [0.05, 0.1) is 5.69 Å². The second-order valence-electron chi connectivity index (χ2n) is 8.52. The molecule has 0 fully saturated rings. The summed E-state index contributed by atoms with van der Waals surface area (Å²) in [5, 5.41) is 10.8. The molecule has 0 bridgehead atoms. The lowest BCUT2D eigenvalue weighted by Gasteiger charge is -2.31. The molecule has 0 aliphatic carbocycles. The van der Waals surface area contributed by atoms with E-state index in [1.807, 2.05) is 38.1 Å². The third-order valence-electron chi connectivity index (χ3n) is 6.10. The van der Waals surface area contributed by atoms with E-state index in [1.165, 1.54) is 17.0 Å². The summed E-state index contributed by atoms with van der Waals surface area (Å²) in [4.78, 5) is 28.8. The molecular weight excluding hydrogens is 426 g/mol. The topological polar surface area (TPSA) is 66.8 Å². The molecule has 0 saturated heterocycles. The van der Waals surface area contributed by atoms with E-state index < -0.39 is 0 Å². The number of para-hydroxylation sites is 1. The van der Waals surface area contributed by atoms with Gasteiger partial charge in [0.15, 0.2) is 0 Å². The fraction of sp³-hybridized carbons (Fsp3) is 0.103. The predicted molar refractivity (Wildman–Crippen MR) is 134 cm³/mol. The van der Waals surface area contributed by atoms with E-state index in [9.17, 15) is 14.7 Å². The molecule has 1 aliphatic rings. The smallest absolute Gasteiger partial charge is 0.266 e. The van der Waals surface area contributed by atoms with Crippen LogP contribution in [0, 0.1) is 0 Å². The number of carbonyl (C=O) groups excluding carboxylic acids is 2. The van der Waals surface area contributed by atoms with Crippen molar-refractivity contribution < 1.29 is 19.4 Å². The Bertz CT molecular complexity index is 1450. The van der Waals surface area contributed by atoms with E-state index in [0.717, 1.165) is 11.1 Å². The zero-order chi connectivity index (χ0) is 24.0. The lowest BCUT2D eigenvalue weighted by Crippen LogP contribution is -2.41. The second-order valence-corrected chi connectivity index (χ2v) is 8.52. The van der Waals surface area contributed by atoms with Crippen LogP contribution >= 0.6 is 0 Å². The van der Waals surface area contributed by atoms with Crippen LogP contribution in [0.2, 0.25) is 0 Å². The largest absolute Gasteiger partial charge is 0.508 e. The van der Waals surface area contributed by atoms with Gasteiger partial charge < -0.3 is 9.84 Å². The number of ether oxygens (including phenoxy) is 1. The van der Waals surface area contributed by atoms with Crippen molar-refractivity contribution in [2.24, 2.45) is 0 Å². The number of phenols is 1. The number of carbonyl (C=O) groups is 2. The third-order valence-corrected chi connectivity index (χ3v) is 6.10. The molecule has 0 saturated carbocycles. The van der Waals surface area contributed by atoms with Crippen molar-refractivity contribution in [1.82, 2.24) is 0 Å². The molecule has 5 rings (SSSR count). The standard InChI is InChI=1S/C29H23NO4/c1-4-18-7-5-8-21(17(2)3)27(18)30-28(32)23-10-6-9-22-25(16-15-24(26(22)23)29(30)33)34-20-13-11-19(31)12-14-20/h4-17,31H,1H2,2-3H3. The first-order valence-corrected chi connectivity index (χ1v) is 11.1. The van der Waals surface area contributed by atoms with E-state index in [1.54, 1.807) is 42.5 Å². The Kier molecular flexibility index (Phi) is 5.17. The number of amides is 2. The van der Waals surface area contributed by atoms with Crippen LogP contribution in [-0.4, -0.2) is 16.9 Å². The maximum atomic E-state index is 13.8. The van der Waals surface area contributed by atoms with Crippen LogP contribution in [0.15, 0.2) is 79.4 Å². The van der Waals surface area contributed by atoms with Gasteiger partial charge in [-0.3, -0.25) is 9.59 Å². The minimum absolute atomic E-state index is 0.105. The Morgan fingerprint density at radius 1 is 0.882 bits per heavy atom. The summed E-state index contributed by atoms with van der Waals surface area (Å²) in [6.07, 6.45) is 1.67. The first-order chi connectivity index (χ1) is 16.4. The Labute approximate surface area is 197 Å². The van der Waals surface area contributed by atoms with Gasteiger partial charge in [-0.15, -0.1) is 0 Å². The predicted octanol–water partition coefficient (Wildman–Crippen LogP) is 6.90. The average molecular weight is 450 g/mol. The third kappa shape index (κ3) is 3.33. The van der Waals surface area contributed by atoms with E-state index in [2.05, 4.69) is 6.58 Å². The van der Waals surface area contributed by atoms with Crippen molar-refractivity contribution in [3.8, 4) is 17.2 Å². The molecule has 0 radical (unpaired) electrons. The zero-order valence-electron chi connectivity index (χ0n) is 18.9. The molecule has 1 heterocycles. The fourth-order valence-corrected chi connectivity index (χ4v) is 4.47. The summed E-state index contributed by atoms with van der Waals surface area (Å²) in [6, 6.07) is 20.9. The molecule has 5 nitrogen and oxygen atoms in total. The molecule has 5 heteroatoms. The summed E-state index contributed by atoms with van der Waals surface area (Å²) >= 11 is 0. The van der Waals surface area contributed by atoms with Crippen molar-refractivity contribution >= 4 is 34.4 Å². The molecule has 4 aromatic rings. The summed E-state index contributed by atoms with van der Waals surface area (Å²) in [7, 11) is 0. The first-order valence-electron chi connectivity index (χ1n) is 11.1. The Morgan fingerprint density at radius 2 is 1.56 bits per heavy atom. The molecule has 2 amide bonds. The first kappa shape index (κ1) is 21.5. The van der Waals surface area contributed by atoms with Crippen molar-refractivity contribution in [2.45, 2.75) is 19.8 Å². The highest BCUT2D eigenvalue weighted by atomic mass is 16.5. The molecule has 0 aromatic heterocycles. The van der Waals surface area contributed by atoms with E-state index in [4.69, 9.17) is 4.74 Å². The van der Waals surface area contributed by atoms with Crippen molar-refractivity contribution in [3.05, 3.63) is 102 Å². The van der Waals surface area contributed by atoms with Gasteiger partial charge in [-0.2, -0.15) is 0 Å². The molecular formula is C29H23NO4. The Balaban J connectivity index is 1.68. The number of imide groups is 1. The van der Waals surface area contributed by atoms with Gasteiger partial charge >= 0.3 is 0 Å². The highest BCUT2D eigenvalue weighted by Crippen LogP contribution is 2.41. The van der Waals surface area contributed by atoms with Crippen LogP contribution in [-0.2, 0) is 0 Å². The van der Waals surface area contributed by atoms with Gasteiger partial charge in [-0.1, -0.05) is 56.8 Å². The summed E-state index contributed by atoms with van der Waals surface area (Å²) in [5.41, 5.74) is 3.10. The van der Waals surface area contributed by atoms with E-state index >= 15 is 0 Å². The number of phenolic OH excluding ortho intramolecular Hbond substituents is 1.